The maximum absolute atomic E-state index is 11.7. The Hall–Kier alpha value is -1.36. The van der Waals surface area contributed by atoms with Crippen LogP contribution in [0.5, 0.6) is 0 Å². The van der Waals surface area contributed by atoms with Crippen molar-refractivity contribution >= 4 is 32.8 Å². The van der Waals surface area contributed by atoms with Crippen LogP contribution in [-0.4, -0.2) is 22.9 Å². The molecule has 0 N–H and O–H groups in total. The van der Waals surface area contributed by atoms with E-state index in [0.717, 1.165) is 15.4 Å². The van der Waals surface area contributed by atoms with Gasteiger partial charge in [-0.05, 0) is 28.9 Å². The molecule has 0 amide bonds. The van der Waals surface area contributed by atoms with Crippen molar-refractivity contribution in [3.63, 3.8) is 0 Å². The van der Waals surface area contributed by atoms with Crippen LogP contribution in [0.1, 0.15) is 17.4 Å². The molecule has 0 radical (unpaired) electrons. The Morgan fingerprint density at radius 2 is 2.31 bits per heavy atom. The van der Waals surface area contributed by atoms with Crippen molar-refractivity contribution in [3.05, 3.63) is 28.4 Å². The van der Waals surface area contributed by atoms with Gasteiger partial charge >= 0.3 is 5.97 Å². The highest BCUT2D eigenvalue weighted by Crippen LogP contribution is 2.26. The number of halogens is 1. The molecule has 0 atom stereocenters. The minimum Gasteiger partial charge on any atom is -0.464 e. The number of methoxy groups -OCH3 is 1. The molecule has 84 valence electrons. The Bertz CT molecular complexity index is 548. The van der Waals surface area contributed by atoms with E-state index in [4.69, 9.17) is 4.74 Å². The molecule has 2 rings (SSSR count). The standard InChI is InChI=1S/C11H11BrN2O2/c1-3-14-10(11(15)16-2)7-5-4-6-8(12)9(7)13-14/h4-6H,3H2,1-2H3. The van der Waals surface area contributed by atoms with Gasteiger partial charge in [0.25, 0.3) is 0 Å². The summed E-state index contributed by atoms with van der Waals surface area (Å²) in [7, 11) is 1.37. The summed E-state index contributed by atoms with van der Waals surface area (Å²) in [6, 6.07) is 5.64. The molecule has 1 heterocycles. The maximum atomic E-state index is 11.7. The average molecular weight is 283 g/mol. The van der Waals surface area contributed by atoms with Gasteiger partial charge < -0.3 is 4.74 Å². The van der Waals surface area contributed by atoms with Gasteiger partial charge in [0.05, 0.1) is 7.11 Å². The quantitative estimate of drug-likeness (QED) is 0.796. The van der Waals surface area contributed by atoms with Gasteiger partial charge in [0.1, 0.15) is 5.52 Å². The number of aromatic nitrogens is 2. The molecule has 16 heavy (non-hydrogen) atoms. The number of aryl methyl sites for hydroxylation is 1. The van der Waals surface area contributed by atoms with Crippen molar-refractivity contribution in [2.45, 2.75) is 13.5 Å². The Morgan fingerprint density at radius 1 is 1.56 bits per heavy atom. The zero-order valence-electron chi connectivity index (χ0n) is 9.03. The molecule has 0 spiro atoms. The van der Waals surface area contributed by atoms with E-state index >= 15 is 0 Å². The first-order valence-electron chi connectivity index (χ1n) is 4.92. The highest BCUT2D eigenvalue weighted by Gasteiger charge is 2.18. The third kappa shape index (κ3) is 1.61. The number of esters is 1. The zero-order chi connectivity index (χ0) is 11.7. The van der Waals surface area contributed by atoms with Crippen LogP contribution in [0.15, 0.2) is 22.7 Å². The summed E-state index contributed by atoms with van der Waals surface area (Å²) < 4.78 is 7.30. The van der Waals surface area contributed by atoms with E-state index in [0.29, 0.717) is 12.2 Å². The number of nitrogens with zero attached hydrogens (tertiary/aromatic N) is 2. The number of carbonyl (C=O) groups excluding carboxylic acids is 1. The summed E-state index contributed by atoms with van der Waals surface area (Å²) >= 11 is 3.42. The first-order chi connectivity index (χ1) is 7.69. The summed E-state index contributed by atoms with van der Waals surface area (Å²) in [5, 5.41) is 5.18. The molecular formula is C11H11BrN2O2. The molecule has 0 aliphatic carbocycles. The fourth-order valence-electron chi connectivity index (χ4n) is 1.66. The summed E-state index contributed by atoms with van der Waals surface area (Å²) in [6.45, 7) is 2.57. The Morgan fingerprint density at radius 3 is 2.94 bits per heavy atom. The van der Waals surface area contributed by atoms with E-state index in [2.05, 4.69) is 21.0 Å². The van der Waals surface area contributed by atoms with E-state index in [1.165, 1.54) is 7.11 Å². The number of carbonyl (C=O) groups is 1. The van der Waals surface area contributed by atoms with Crippen LogP contribution < -0.4 is 0 Å². The molecule has 1 aromatic carbocycles. The zero-order valence-corrected chi connectivity index (χ0v) is 10.6. The monoisotopic (exact) mass is 282 g/mol. The SMILES string of the molecule is CCn1nc2c(Br)cccc2c1C(=O)OC. The van der Waals surface area contributed by atoms with Gasteiger partial charge in [0.2, 0.25) is 0 Å². The lowest BCUT2D eigenvalue weighted by Crippen LogP contribution is -2.10. The molecule has 5 heteroatoms. The van der Waals surface area contributed by atoms with Gasteiger partial charge in [0.15, 0.2) is 5.69 Å². The molecule has 0 bridgehead atoms. The summed E-state index contributed by atoms with van der Waals surface area (Å²) in [5.74, 6) is -0.359. The fraction of sp³-hybridized carbons (Fsp3) is 0.273. The Balaban J connectivity index is 2.78. The van der Waals surface area contributed by atoms with Crippen LogP contribution >= 0.6 is 15.9 Å². The van der Waals surface area contributed by atoms with Gasteiger partial charge in [-0.2, -0.15) is 5.10 Å². The molecule has 1 aromatic heterocycles. The largest absolute Gasteiger partial charge is 0.464 e. The van der Waals surface area contributed by atoms with Crippen LogP contribution in [0.2, 0.25) is 0 Å². The van der Waals surface area contributed by atoms with E-state index in [-0.39, 0.29) is 5.97 Å². The number of ether oxygens (including phenoxy) is 1. The second-order valence-corrected chi connectivity index (χ2v) is 4.15. The Kier molecular flexibility index (Phi) is 2.96. The molecule has 0 unspecified atom stereocenters. The second-order valence-electron chi connectivity index (χ2n) is 3.29. The van der Waals surface area contributed by atoms with Gasteiger partial charge in [-0.25, -0.2) is 4.79 Å². The first kappa shape index (κ1) is 11.1. The molecule has 0 aliphatic heterocycles. The lowest BCUT2D eigenvalue weighted by atomic mass is 10.2. The predicted octanol–water partition coefficient (Wildman–Crippen LogP) is 2.61. The molecule has 4 nitrogen and oxygen atoms in total. The number of benzene rings is 1. The van der Waals surface area contributed by atoms with Crippen LogP contribution in [0.25, 0.3) is 10.9 Å². The van der Waals surface area contributed by atoms with Crippen LogP contribution in [-0.2, 0) is 11.3 Å². The Labute approximate surface area is 101 Å². The van der Waals surface area contributed by atoms with E-state index in [1.54, 1.807) is 4.68 Å². The number of fused-ring (bicyclic) bond motifs is 1. The molecule has 0 saturated carbocycles. The minimum atomic E-state index is -0.359. The molecular weight excluding hydrogens is 272 g/mol. The van der Waals surface area contributed by atoms with Crippen LogP contribution in [0.3, 0.4) is 0 Å². The maximum Gasteiger partial charge on any atom is 0.356 e. The third-order valence-electron chi connectivity index (χ3n) is 2.40. The molecule has 0 fully saturated rings. The third-order valence-corrected chi connectivity index (χ3v) is 3.04. The van der Waals surface area contributed by atoms with Crippen LogP contribution in [0, 0.1) is 0 Å². The summed E-state index contributed by atoms with van der Waals surface area (Å²) in [6.07, 6.45) is 0. The second kappa shape index (κ2) is 4.25. The molecule has 0 saturated heterocycles. The van der Waals surface area contributed by atoms with Crippen molar-refractivity contribution in [1.82, 2.24) is 9.78 Å². The van der Waals surface area contributed by atoms with Gasteiger partial charge in [-0.15, -0.1) is 0 Å². The van der Waals surface area contributed by atoms with Crippen LogP contribution in [0.4, 0.5) is 0 Å². The number of hydrogen-bond donors (Lipinski definition) is 0. The highest BCUT2D eigenvalue weighted by atomic mass is 79.9. The summed E-state index contributed by atoms with van der Waals surface area (Å²) in [5.41, 5.74) is 1.28. The predicted molar refractivity (Wildman–Crippen MR) is 64.4 cm³/mol. The lowest BCUT2D eigenvalue weighted by Gasteiger charge is -2.01. The van der Waals surface area contributed by atoms with Gasteiger partial charge in [-0.1, -0.05) is 12.1 Å². The van der Waals surface area contributed by atoms with Crippen molar-refractivity contribution < 1.29 is 9.53 Å². The highest BCUT2D eigenvalue weighted by molar-refractivity contribution is 9.10. The topological polar surface area (TPSA) is 44.1 Å². The van der Waals surface area contributed by atoms with Crippen molar-refractivity contribution in [2.75, 3.05) is 7.11 Å². The van der Waals surface area contributed by atoms with E-state index in [9.17, 15) is 4.79 Å². The lowest BCUT2D eigenvalue weighted by molar-refractivity contribution is 0.0589. The summed E-state index contributed by atoms with van der Waals surface area (Å²) in [4.78, 5) is 11.7. The molecule has 0 aliphatic rings. The first-order valence-corrected chi connectivity index (χ1v) is 5.71. The molecule has 2 aromatic rings. The van der Waals surface area contributed by atoms with Crippen molar-refractivity contribution in [2.24, 2.45) is 0 Å². The fourth-order valence-corrected chi connectivity index (χ4v) is 2.10. The van der Waals surface area contributed by atoms with E-state index < -0.39 is 0 Å². The number of hydrogen-bond acceptors (Lipinski definition) is 3. The smallest absolute Gasteiger partial charge is 0.356 e. The number of rotatable bonds is 2. The van der Waals surface area contributed by atoms with Crippen molar-refractivity contribution in [1.29, 1.82) is 0 Å². The van der Waals surface area contributed by atoms with Crippen molar-refractivity contribution in [3.8, 4) is 0 Å². The average Bonchev–Trinajstić information content (AvgIpc) is 2.68. The van der Waals surface area contributed by atoms with Gasteiger partial charge in [0, 0.05) is 16.4 Å². The van der Waals surface area contributed by atoms with E-state index in [1.807, 2.05) is 25.1 Å². The van der Waals surface area contributed by atoms with Gasteiger partial charge in [-0.3, -0.25) is 4.68 Å². The normalized spacial score (nSPS) is 10.7. The minimum absolute atomic E-state index is 0.359.